The van der Waals surface area contributed by atoms with Crippen molar-refractivity contribution in [3.63, 3.8) is 0 Å². The molecule has 2 N–H and O–H groups in total. The van der Waals surface area contributed by atoms with Crippen molar-refractivity contribution < 1.29 is 28.7 Å². The van der Waals surface area contributed by atoms with Crippen molar-refractivity contribution in [2.75, 3.05) is 49.0 Å². The minimum atomic E-state index is -0.194. The molecule has 0 fully saturated rings. The monoisotopic (exact) mass is 786 g/mol. The number of likely N-dealkylation sites (N-methyl/N-ethyl adjacent to an activating group) is 1. The molecule has 0 saturated heterocycles. The number of hydrogen-bond donors (Lipinski definition) is 2. The van der Waals surface area contributed by atoms with Gasteiger partial charge < -0.3 is 29.9 Å². The molecule has 296 valence electrons. The van der Waals surface area contributed by atoms with Crippen LogP contribution in [0, 0.1) is 5.41 Å². The summed E-state index contributed by atoms with van der Waals surface area (Å²) in [5, 5.41) is 6.93. The Labute approximate surface area is 338 Å². The van der Waals surface area contributed by atoms with Gasteiger partial charge in [0.25, 0.3) is 11.8 Å². The number of amides is 3. The molecule has 7 rings (SSSR count). The molecule has 3 amide bonds. The lowest BCUT2D eigenvalue weighted by atomic mass is 9.88. The van der Waals surface area contributed by atoms with Crippen LogP contribution in [0.2, 0.25) is 0 Å². The first-order valence-electron chi connectivity index (χ1n) is 19.6. The Bertz CT molecular complexity index is 2330. The van der Waals surface area contributed by atoms with Crippen LogP contribution in [0.4, 0.5) is 17.1 Å². The number of anilines is 3. The maximum Gasteiger partial charge on any atom is 0.261 e. The van der Waals surface area contributed by atoms with Gasteiger partial charge in [0.15, 0.2) is 17.3 Å². The number of thiophene rings is 1. The average molecular weight is 787 g/mol. The van der Waals surface area contributed by atoms with Crippen LogP contribution in [0.5, 0.6) is 11.5 Å². The van der Waals surface area contributed by atoms with Gasteiger partial charge in [-0.25, -0.2) is 0 Å². The maximum absolute atomic E-state index is 13.9. The van der Waals surface area contributed by atoms with Gasteiger partial charge in [0.05, 0.1) is 35.9 Å². The molecule has 0 bridgehead atoms. The highest BCUT2D eigenvalue weighted by molar-refractivity contribution is 7.20. The molecule has 10 nitrogen and oxygen atoms in total. The third-order valence-corrected chi connectivity index (χ3v) is 11.9. The van der Waals surface area contributed by atoms with E-state index in [1.165, 1.54) is 16.9 Å². The molecule has 0 unspecified atom stereocenters. The first-order chi connectivity index (χ1) is 27.4. The van der Waals surface area contributed by atoms with E-state index in [9.17, 15) is 19.2 Å². The van der Waals surface area contributed by atoms with Crippen molar-refractivity contribution >= 4 is 62.0 Å². The van der Waals surface area contributed by atoms with Crippen LogP contribution in [0.3, 0.4) is 0 Å². The predicted molar refractivity (Wildman–Crippen MR) is 228 cm³/mol. The summed E-state index contributed by atoms with van der Waals surface area (Å²) in [6.45, 7) is 8.03. The summed E-state index contributed by atoms with van der Waals surface area (Å²) in [5.74, 6) is 0.564. The lowest BCUT2D eigenvalue weighted by Crippen LogP contribution is -2.41. The molecular weight excluding hydrogens is 737 g/mol. The van der Waals surface area contributed by atoms with E-state index in [2.05, 4.69) is 42.4 Å². The Balaban J connectivity index is 0.918. The summed E-state index contributed by atoms with van der Waals surface area (Å²) in [7, 11) is 3.54. The summed E-state index contributed by atoms with van der Waals surface area (Å²) in [4.78, 5) is 57.7. The molecular formula is C46H50N4O6S. The summed E-state index contributed by atoms with van der Waals surface area (Å²) < 4.78 is 12.8. The standard InChI is InChI=1S/C46H50N4O6S/c1-6-18-46(2,3)28-47-44(53)42-24-32-20-29(16-17-41(32)57-42)21-38(51)31-12-9-13-33(22-31)48-43(52)15-10-19-56-40-26-37-35(25-39(40)55-5)45(54)50-34(27-49(37)4)23-30-11-7-8-14-36(30)50/h7-9,11-14,16-17,20,22,24-26,34H,6,10,15,18-19,21,23,27-28H2,1-5H3,(H,47,53)(H,48,52)/t34-/m0/s1. The smallest absolute Gasteiger partial charge is 0.261 e. The average Bonchev–Trinajstić information content (AvgIpc) is 3.77. The molecule has 0 saturated carbocycles. The van der Waals surface area contributed by atoms with Crippen LogP contribution < -0.4 is 29.9 Å². The number of hydrogen-bond acceptors (Lipinski definition) is 8. The summed E-state index contributed by atoms with van der Waals surface area (Å²) >= 11 is 1.45. The van der Waals surface area contributed by atoms with Crippen LogP contribution in [-0.4, -0.2) is 63.4 Å². The van der Waals surface area contributed by atoms with Gasteiger partial charge in [-0.15, -0.1) is 11.3 Å². The number of carbonyl (C=O) groups excluding carboxylic acids is 4. The Morgan fingerprint density at radius 3 is 2.58 bits per heavy atom. The SMILES string of the molecule is CCCC(C)(C)CNC(=O)c1cc2cc(CC(=O)c3cccc(NC(=O)CCCOc4cc5c(cc4OC)C(=O)N4c6ccccc6C[C@H]4CN5C)c3)ccc2s1. The number of fused-ring (bicyclic) bond motifs is 5. The van der Waals surface area contributed by atoms with Crippen LogP contribution in [-0.2, 0) is 17.6 Å². The number of carbonyl (C=O) groups is 4. The first kappa shape index (κ1) is 39.6. The second kappa shape index (κ2) is 16.8. The normalized spacial score (nSPS) is 14.8. The molecule has 57 heavy (non-hydrogen) atoms. The minimum absolute atomic E-state index is 0.0325. The molecule has 5 aromatic rings. The van der Waals surface area contributed by atoms with Crippen LogP contribution >= 0.6 is 11.3 Å². The number of methoxy groups -OCH3 is 1. The third-order valence-electron chi connectivity index (χ3n) is 10.8. The highest BCUT2D eigenvalue weighted by atomic mass is 32.1. The molecule has 1 atom stereocenters. The van der Waals surface area contributed by atoms with Crippen molar-refractivity contribution in [2.24, 2.45) is 5.41 Å². The number of nitrogens with zero attached hydrogens (tertiary/aromatic N) is 2. The minimum Gasteiger partial charge on any atom is -0.493 e. The van der Waals surface area contributed by atoms with Crippen molar-refractivity contribution in [1.29, 1.82) is 0 Å². The van der Waals surface area contributed by atoms with Gasteiger partial charge in [-0.05, 0) is 83.7 Å². The Hall–Kier alpha value is -5.68. The fourth-order valence-electron chi connectivity index (χ4n) is 7.92. The fraction of sp³-hybridized carbons (Fsp3) is 0.348. The Morgan fingerprint density at radius 2 is 1.77 bits per heavy atom. The topological polar surface area (TPSA) is 117 Å². The summed E-state index contributed by atoms with van der Waals surface area (Å²) in [5.41, 5.74) is 5.40. The number of ketones is 1. The molecule has 0 spiro atoms. The number of para-hydroxylation sites is 1. The molecule has 0 aliphatic carbocycles. The van der Waals surface area contributed by atoms with Gasteiger partial charge in [-0.3, -0.25) is 19.2 Å². The number of benzene rings is 4. The van der Waals surface area contributed by atoms with Gasteiger partial charge in [-0.2, -0.15) is 0 Å². The van der Waals surface area contributed by atoms with Gasteiger partial charge in [0.2, 0.25) is 5.91 Å². The van der Waals surface area contributed by atoms with Gasteiger partial charge in [-0.1, -0.05) is 63.6 Å². The Morgan fingerprint density at radius 1 is 0.947 bits per heavy atom. The summed E-state index contributed by atoms with van der Waals surface area (Å²) in [6, 6.07) is 26.4. The van der Waals surface area contributed by atoms with Crippen LogP contribution in [0.15, 0.2) is 84.9 Å². The van der Waals surface area contributed by atoms with Crippen molar-refractivity contribution in [2.45, 2.75) is 65.3 Å². The lowest BCUT2D eigenvalue weighted by molar-refractivity contribution is -0.116. The van der Waals surface area contributed by atoms with E-state index in [-0.39, 0.29) is 54.4 Å². The zero-order valence-corrected chi connectivity index (χ0v) is 34.1. The highest BCUT2D eigenvalue weighted by Crippen LogP contribution is 2.42. The van der Waals surface area contributed by atoms with E-state index in [4.69, 9.17) is 9.47 Å². The Kier molecular flexibility index (Phi) is 11.7. The molecule has 0 radical (unpaired) electrons. The molecule has 3 heterocycles. The van der Waals surface area contributed by atoms with Crippen molar-refractivity contribution in [1.82, 2.24) is 5.32 Å². The highest BCUT2D eigenvalue weighted by Gasteiger charge is 2.39. The molecule has 1 aromatic heterocycles. The van der Waals surface area contributed by atoms with E-state index in [1.807, 2.05) is 60.5 Å². The predicted octanol–water partition coefficient (Wildman–Crippen LogP) is 8.71. The number of ether oxygens (including phenoxy) is 2. The second-order valence-electron chi connectivity index (χ2n) is 15.8. The molecule has 11 heteroatoms. The van der Waals surface area contributed by atoms with E-state index in [1.54, 1.807) is 37.4 Å². The van der Waals surface area contributed by atoms with Gasteiger partial charge >= 0.3 is 0 Å². The molecule has 2 aliphatic heterocycles. The molecule has 2 aliphatic rings. The third kappa shape index (κ3) is 8.83. The van der Waals surface area contributed by atoms with Crippen molar-refractivity contribution in [3.05, 3.63) is 112 Å². The van der Waals surface area contributed by atoms with Crippen molar-refractivity contribution in [3.8, 4) is 11.5 Å². The van der Waals surface area contributed by atoms with E-state index in [0.29, 0.717) is 52.7 Å². The molecule has 4 aromatic carbocycles. The maximum atomic E-state index is 13.9. The first-order valence-corrected chi connectivity index (χ1v) is 20.5. The number of nitrogens with one attached hydrogen (secondary N) is 2. The zero-order chi connectivity index (χ0) is 40.3. The largest absolute Gasteiger partial charge is 0.493 e. The fourth-order valence-corrected chi connectivity index (χ4v) is 8.88. The van der Waals surface area contributed by atoms with Crippen LogP contribution in [0.1, 0.15) is 88.0 Å². The quantitative estimate of drug-likeness (QED) is 0.0806. The number of Topliss-reactive ketones (excluding diaryl/α,β-unsaturated/α-hetero) is 1. The van der Waals surface area contributed by atoms with Crippen LogP contribution in [0.25, 0.3) is 10.1 Å². The van der Waals surface area contributed by atoms with E-state index in [0.717, 1.165) is 46.3 Å². The summed E-state index contributed by atoms with van der Waals surface area (Å²) in [6.07, 6.45) is 3.75. The zero-order valence-electron chi connectivity index (χ0n) is 33.3. The number of rotatable bonds is 15. The lowest BCUT2D eigenvalue weighted by Gasteiger charge is -2.25. The van der Waals surface area contributed by atoms with E-state index < -0.39 is 0 Å². The van der Waals surface area contributed by atoms with Gasteiger partial charge in [0.1, 0.15) is 0 Å². The van der Waals surface area contributed by atoms with E-state index >= 15 is 0 Å². The van der Waals surface area contributed by atoms with Gasteiger partial charge in [0, 0.05) is 60.7 Å². The second-order valence-corrected chi connectivity index (χ2v) is 16.9.